The number of primary amides is 1. The summed E-state index contributed by atoms with van der Waals surface area (Å²) in [6, 6.07) is 10.6. The fraction of sp³-hybridized carbons (Fsp3) is 0.516. The number of carbonyl (C=O) groups is 2. The quantitative estimate of drug-likeness (QED) is 0.444. The summed E-state index contributed by atoms with van der Waals surface area (Å²) < 4.78 is 35.9. The third-order valence-electron chi connectivity index (χ3n) is 8.43. The molecule has 2 fully saturated rings. The minimum Gasteiger partial charge on any atom is -0.492 e. The molecule has 2 amide bonds. The van der Waals surface area contributed by atoms with Crippen LogP contribution in [-0.4, -0.2) is 66.1 Å². The number of piperidine rings is 1. The summed E-state index contributed by atoms with van der Waals surface area (Å²) in [5, 5.41) is 9.74. The molecule has 214 valence electrons. The summed E-state index contributed by atoms with van der Waals surface area (Å²) in [6.07, 6.45) is 4.00. The molecule has 2 aromatic carbocycles. The highest BCUT2D eigenvalue weighted by molar-refractivity contribution is 5.98. The largest absolute Gasteiger partial charge is 0.492 e. The predicted octanol–water partition coefficient (Wildman–Crippen LogP) is 5.07. The third kappa shape index (κ3) is 6.61. The van der Waals surface area contributed by atoms with E-state index in [0.29, 0.717) is 68.2 Å². The molecule has 0 aliphatic carbocycles. The van der Waals surface area contributed by atoms with Gasteiger partial charge in [0.2, 0.25) is 5.91 Å². The summed E-state index contributed by atoms with van der Waals surface area (Å²) >= 11 is 0. The van der Waals surface area contributed by atoms with Gasteiger partial charge in [0.25, 0.3) is 5.91 Å². The van der Waals surface area contributed by atoms with Gasteiger partial charge in [-0.05, 0) is 87.4 Å². The van der Waals surface area contributed by atoms with Crippen molar-refractivity contribution >= 4 is 11.8 Å². The van der Waals surface area contributed by atoms with Crippen LogP contribution in [0.4, 0.5) is 8.78 Å². The average molecular weight is 553 g/mol. The zero-order valence-corrected chi connectivity index (χ0v) is 23.3. The highest BCUT2D eigenvalue weighted by Gasteiger charge is 2.33. The van der Waals surface area contributed by atoms with Crippen molar-refractivity contribution in [2.75, 3.05) is 32.8 Å². The van der Waals surface area contributed by atoms with Gasteiger partial charge in [-0.2, -0.15) is 5.26 Å². The molecule has 0 unspecified atom stereocenters. The maximum Gasteiger partial charge on any atom is 0.254 e. The first-order chi connectivity index (χ1) is 19.2. The van der Waals surface area contributed by atoms with Crippen LogP contribution in [0.3, 0.4) is 0 Å². The van der Waals surface area contributed by atoms with E-state index in [0.717, 1.165) is 32.0 Å². The lowest BCUT2D eigenvalue weighted by molar-refractivity contribution is -0.121. The van der Waals surface area contributed by atoms with Gasteiger partial charge in [-0.15, -0.1) is 0 Å². The van der Waals surface area contributed by atoms with Crippen LogP contribution >= 0.6 is 0 Å². The van der Waals surface area contributed by atoms with Gasteiger partial charge in [-0.25, -0.2) is 8.78 Å². The van der Waals surface area contributed by atoms with Crippen LogP contribution in [0, 0.1) is 23.1 Å². The average Bonchev–Trinajstić information content (AvgIpc) is 3.47. The van der Waals surface area contributed by atoms with Gasteiger partial charge in [0.1, 0.15) is 29.3 Å². The van der Waals surface area contributed by atoms with Gasteiger partial charge >= 0.3 is 0 Å². The number of nitrogens with zero attached hydrogens (tertiary/aromatic N) is 3. The first kappa shape index (κ1) is 29.5. The minimum atomic E-state index is -1.13. The second-order valence-electron chi connectivity index (χ2n) is 11.0. The molecule has 0 aromatic heterocycles. The Kier molecular flexibility index (Phi) is 9.41. The monoisotopic (exact) mass is 552 g/mol. The van der Waals surface area contributed by atoms with Crippen molar-refractivity contribution in [2.45, 2.75) is 64.1 Å². The molecular weight excluding hydrogens is 514 g/mol. The molecule has 0 radical (unpaired) electrons. The summed E-state index contributed by atoms with van der Waals surface area (Å²) in [4.78, 5) is 28.1. The van der Waals surface area contributed by atoms with E-state index in [1.54, 1.807) is 18.2 Å². The van der Waals surface area contributed by atoms with E-state index in [4.69, 9.17) is 10.5 Å². The van der Waals surface area contributed by atoms with Gasteiger partial charge < -0.3 is 20.3 Å². The van der Waals surface area contributed by atoms with Gasteiger partial charge in [0, 0.05) is 24.2 Å². The Morgan fingerprint density at radius 3 is 2.45 bits per heavy atom. The van der Waals surface area contributed by atoms with Crippen LogP contribution in [0.5, 0.6) is 5.75 Å². The number of carbonyl (C=O) groups excluding carboxylic acids is 2. The van der Waals surface area contributed by atoms with E-state index in [-0.39, 0.29) is 11.1 Å². The van der Waals surface area contributed by atoms with E-state index in [1.807, 2.05) is 13.8 Å². The molecule has 9 heteroatoms. The number of ether oxygens (including phenoxy) is 1. The van der Waals surface area contributed by atoms with Gasteiger partial charge in [0.15, 0.2) is 0 Å². The maximum absolute atomic E-state index is 15.1. The zero-order valence-electron chi connectivity index (χ0n) is 23.3. The molecule has 2 aliphatic rings. The topological polar surface area (TPSA) is 99.7 Å². The van der Waals surface area contributed by atoms with E-state index in [1.165, 1.54) is 17.0 Å². The predicted molar refractivity (Wildman–Crippen MR) is 149 cm³/mol. The number of amides is 2. The van der Waals surface area contributed by atoms with E-state index in [2.05, 4.69) is 11.0 Å². The molecule has 0 spiro atoms. The van der Waals surface area contributed by atoms with Crippen LogP contribution in [-0.2, 0) is 4.79 Å². The van der Waals surface area contributed by atoms with Crippen molar-refractivity contribution in [1.29, 1.82) is 5.26 Å². The van der Waals surface area contributed by atoms with Crippen molar-refractivity contribution in [2.24, 2.45) is 11.7 Å². The number of hydrogen-bond donors (Lipinski definition) is 1. The number of halogens is 2. The normalized spacial score (nSPS) is 18.5. The minimum absolute atomic E-state index is 0.141. The van der Waals surface area contributed by atoms with Crippen LogP contribution in [0.15, 0.2) is 36.4 Å². The third-order valence-corrected chi connectivity index (χ3v) is 8.43. The van der Waals surface area contributed by atoms with Gasteiger partial charge in [0.05, 0.1) is 12.2 Å². The first-order valence-corrected chi connectivity index (χ1v) is 14.2. The lowest BCUT2D eigenvalue weighted by atomic mass is 9.94. The van der Waals surface area contributed by atoms with Crippen molar-refractivity contribution < 1.29 is 23.1 Å². The molecule has 0 saturated carbocycles. The number of likely N-dealkylation sites (tertiary alicyclic amines) is 2. The first-order valence-electron chi connectivity index (χ1n) is 14.2. The number of nitriles is 1. The summed E-state index contributed by atoms with van der Waals surface area (Å²) in [7, 11) is 0. The molecule has 1 atom stereocenters. The van der Waals surface area contributed by atoms with E-state index >= 15 is 4.39 Å². The second kappa shape index (κ2) is 12.8. The Bertz CT molecular complexity index is 1270. The van der Waals surface area contributed by atoms with Crippen LogP contribution in [0.25, 0.3) is 11.1 Å². The SMILES string of the molecule is CCC(F)(CC)CN1CCC(COc2ccc(-c3ccc(C(=O)N4CCC[C@H]4C(N)=O)cc3F)cc2C#N)CC1. The molecule has 2 saturated heterocycles. The number of alkyl halides is 1. The lowest BCUT2D eigenvalue weighted by Crippen LogP contribution is -2.44. The molecule has 4 rings (SSSR count). The molecule has 2 aliphatic heterocycles. The molecule has 2 heterocycles. The van der Waals surface area contributed by atoms with Crippen LogP contribution < -0.4 is 10.5 Å². The molecule has 2 N–H and O–H groups in total. The Morgan fingerprint density at radius 2 is 1.82 bits per heavy atom. The summed E-state index contributed by atoms with van der Waals surface area (Å²) in [5.41, 5.74) is 5.46. The Balaban J connectivity index is 1.38. The molecule has 40 heavy (non-hydrogen) atoms. The van der Waals surface area contributed by atoms with Crippen LogP contribution in [0.2, 0.25) is 0 Å². The standard InChI is InChI=1S/C31H38F2N4O3/c1-3-31(33,4-2)20-36-14-11-21(12-15-36)19-40-28-10-8-22(16-24(28)18-34)25-9-7-23(17-26(25)32)30(39)37-13-5-6-27(37)29(35)38/h7-10,16-17,21,27H,3-6,11-15,19-20H2,1-2H3,(H2,35,38)/t27-/m0/s1. The molecular formula is C31H38F2N4O3. The van der Waals surface area contributed by atoms with Crippen molar-refractivity contribution in [3.8, 4) is 22.9 Å². The fourth-order valence-corrected chi connectivity index (χ4v) is 5.66. The zero-order chi connectivity index (χ0) is 28.9. The smallest absolute Gasteiger partial charge is 0.254 e. The van der Waals surface area contributed by atoms with Crippen molar-refractivity contribution in [1.82, 2.24) is 9.80 Å². The number of nitrogens with two attached hydrogens (primary N) is 1. The molecule has 2 aromatic rings. The van der Waals surface area contributed by atoms with Gasteiger partial charge in [-0.3, -0.25) is 9.59 Å². The lowest BCUT2D eigenvalue weighted by Gasteiger charge is -2.36. The van der Waals surface area contributed by atoms with Crippen molar-refractivity contribution in [3.63, 3.8) is 0 Å². The van der Waals surface area contributed by atoms with E-state index < -0.39 is 29.3 Å². The van der Waals surface area contributed by atoms with Gasteiger partial charge in [-0.1, -0.05) is 26.0 Å². The van der Waals surface area contributed by atoms with Crippen molar-refractivity contribution in [3.05, 3.63) is 53.3 Å². The molecule has 0 bridgehead atoms. The Labute approximate surface area is 234 Å². The summed E-state index contributed by atoms with van der Waals surface area (Å²) in [5.74, 6) is -0.849. The number of benzene rings is 2. The highest BCUT2D eigenvalue weighted by Crippen LogP contribution is 2.31. The maximum atomic E-state index is 15.1. The fourth-order valence-electron chi connectivity index (χ4n) is 5.66. The van der Waals surface area contributed by atoms with Crippen LogP contribution in [0.1, 0.15) is 68.3 Å². The Morgan fingerprint density at radius 1 is 1.10 bits per heavy atom. The summed E-state index contributed by atoms with van der Waals surface area (Å²) in [6.45, 7) is 6.75. The highest BCUT2D eigenvalue weighted by atomic mass is 19.1. The Hall–Kier alpha value is -3.51. The number of rotatable bonds is 10. The molecule has 7 nitrogen and oxygen atoms in total. The number of hydrogen-bond acceptors (Lipinski definition) is 5. The van der Waals surface area contributed by atoms with E-state index in [9.17, 15) is 19.2 Å². The second-order valence-corrected chi connectivity index (χ2v) is 11.0.